The Hall–Kier alpha value is -1.58. The Morgan fingerprint density at radius 2 is 1.79 bits per heavy atom. The van der Waals surface area contributed by atoms with E-state index in [4.69, 9.17) is 16.3 Å². The third-order valence-electron chi connectivity index (χ3n) is 3.02. The van der Waals surface area contributed by atoms with E-state index in [1.54, 1.807) is 50.4 Å². The number of aliphatic hydroxyl groups excluding tert-OH is 1. The average molecular weight is 281 g/mol. The number of aryl methyl sites for hydroxylation is 1. The molecule has 2 aromatic carbocycles. The van der Waals surface area contributed by atoms with Crippen LogP contribution in [0.5, 0.6) is 5.75 Å². The van der Waals surface area contributed by atoms with Crippen LogP contribution < -0.4 is 4.74 Å². The molecule has 0 amide bonds. The van der Waals surface area contributed by atoms with E-state index in [1.165, 1.54) is 0 Å². The van der Waals surface area contributed by atoms with Crippen LogP contribution in [0.1, 0.15) is 22.8 Å². The summed E-state index contributed by atoms with van der Waals surface area (Å²) in [7, 11) is 1.56. The first-order valence-corrected chi connectivity index (χ1v) is 6.19. The molecule has 0 fully saturated rings. The Balaban J connectivity index is 2.43. The Bertz CT molecular complexity index is 581. The van der Waals surface area contributed by atoms with Crippen molar-refractivity contribution >= 4 is 11.6 Å². The van der Waals surface area contributed by atoms with Gasteiger partial charge in [0.15, 0.2) is 0 Å². The summed E-state index contributed by atoms with van der Waals surface area (Å²) < 4.78 is 19.1. The smallest absolute Gasteiger partial charge is 0.133 e. The Morgan fingerprint density at radius 3 is 2.37 bits per heavy atom. The fourth-order valence-corrected chi connectivity index (χ4v) is 2.13. The zero-order chi connectivity index (χ0) is 14.0. The summed E-state index contributed by atoms with van der Waals surface area (Å²) >= 11 is 5.98. The molecule has 2 aromatic rings. The van der Waals surface area contributed by atoms with Gasteiger partial charge in [-0.2, -0.15) is 0 Å². The number of aliphatic hydroxyl groups is 1. The van der Waals surface area contributed by atoms with Gasteiger partial charge >= 0.3 is 0 Å². The molecule has 1 N–H and O–H groups in total. The molecule has 0 heterocycles. The van der Waals surface area contributed by atoms with E-state index in [-0.39, 0.29) is 10.6 Å². The molecular weight excluding hydrogens is 267 g/mol. The van der Waals surface area contributed by atoms with Gasteiger partial charge in [0, 0.05) is 10.6 Å². The van der Waals surface area contributed by atoms with Gasteiger partial charge < -0.3 is 9.84 Å². The number of benzene rings is 2. The third kappa shape index (κ3) is 2.72. The number of methoxy groups -OCH3 is 1. The maximum atomic E-state index is 14.1. The molecule has 0 saturated heterocycles. The number of hydrogen-bond donors (Lipinski definition) is 1. The van der Waals surface area contributed by atoms with Crippen molar-refractivity contribution in [2.75, 3.05) is 7.11 Å². The van der Waals surface area contributed by atoms with Gasteiger partial charge in [0.05, 0.1) is 7.11 Å². The first-order valence-electron chi connectivity index (χ1n) is 5.81. The van der Waals surface area contributed by atoms with Gasteiger partial charge in [0.1, 0.15) is 17.7 Å². The van der Waals surface area contributed by atoms with Gasteiger partial charge in [0.25, 0.3) is 0 Å². The average Bonchev–Trinajstić information content (AvgIpc) is 2.43. The number of rotatable bonds is 3. The van der Waals surface area contributed by atoms with Crippen LogP contribution in [-0.2, 0) is 0 Å². The lowest BCUT2D eigenvalue weighted by molar-refractivity contribution is 0.214. The zero-order valence-electron chi connectivity index (χ0n) is 10.7. The molecule has 0 radical (unpaired) electrons. The van der Waals surface area contributed by atoms with Crippen molar-refractivity contribution in [1.29, 1.82) is 0 Å². The van der Waals surface area contributed by atoms with Gasteiger partial charge in [-0.15, -0.1) is 0 Å². The molecule has 0 saturated carbocycles. The maximum absolute atomic E-state index is 14.1. The van der Waals surface area contributed by atoms with E-state index in [9.17, 15) is 9.50 Å². The van der Waals surface area contributed by atoms with Crippen molar-refractivity contribution in [2.24, 2.45) is 0 Å². The molecule has 100 valence electrons. The van der Waals surface area contributed by atoms with Crippen LogP contribution in [0.2, 0.25) is 5.02 Å². The minimum atomic E-state index is -1.10. The lowest BCUT2D eigenvalue weighted by Gasteiger charge is -2.15. The lowest BCUT2D eigenvalue weighted by Crippen LogP contribution is -2.05. The summed E-state index contributed by atoms with van der Waals surface area (Å²) in [6.45, 7) is 1.63. The molecule has 19 heavy (non-hydrogen) atoms. The van der Waals surface area contributed by atoms with Crippen LogP contribution >= 0.6 is 11.6 Å². The van der Waals surface area contributed by atoms with Crippen LogP contribution in [0.3, 0.4) is 0 Å². The SMILES string of the molecule is COc1ccc(C(O)c2c(Cl)ccc(C)c2F)cc1. The Labute approximate surface area is 116 Å². The first-order chi connectivity index (χ1) is 9.04. The van der Waals surface area contributed by atoms with Crippen molar-refractivity contribution < 1.29 is 14.2 Å². The van der Waals surface area contributed by atoms with Crippen LogP contribution in [0.4, 0.5) is 4.39 Å². The molecule has 2 rings (SSSR count). The van der Waals surface area contributed by atoms with E-state index in [0.717, 1.165) is 0 Å². The predicted molar refractivity (Wildman–Crippen MR) is 73.2 cm³/mol. The largest absolute Gasteiger partial charge is 0.497 e. The van der Waals surface area contributed by atoms with Gasteiger partial charge in [-0.25, -0.2) is 4.39 Å². The monoisotopic (exact) mass is 280 g/mol. The van der Waals surface area contributed by atoms with Crippen LogP contribution in [-0.4, -0.2) is 12.2 Å². The van der Waals surface area contributed by atoms with Crippen molar-refractivity contribution in [2.45, 2.75) is 13.0 Å². The molecule has 1 unspecified atom stereocenters. The second-order valence-electron chi connectivity index (χ2n) is 4.27. The maximum Gasteiger partial charge on any atom is 0.133 e. The highest BCUT2D eigenvalue weighted by Gasteiger charge is 2.20. The summed E-state index contributed by atoms with van der Waals surface area (Å²) in [6, 6.07) is 9.95. The molecule has 2 nitrogen and oxygen atoms in total. The van der Waals surface area contributed by atoms with E-state index in [2.05, 4.69) is 0 Å². The Kier molecular flexibility index (Phi) is 4.08. The van der Waals surface area contributed by atoms with Gasteiger partial charge in [0.2, 0.25) is 0 Å². The summed E-state index contributed by atoms with van der Waals surface area (Å²) in [4.78, 5) is 0. The number of ether oxygens (including phenoxy) is 1. The quantitative estimate of drug-likeness (QED) is 0.924. The van der Waals surface area contributed by atoms with Crippen molar-refractivity contribution in [1.82, 2.24) is 0 Å². The van der Waals surface area contributed by atoms with E-state index >= 15 is 0 Å². The minimum Gasteiger partial charge on any atom is -0.497 e. The highest BCUT2D eigenvalue weighted by atomic mass is 35.5. The van der Waals surface area contributed by atoms with Crippen molar-refractivity contribution in [3.05, 3.63) is 63.9 Å². The molecule has 4 heteroatoms. The highest BCUT2D eigenvalue weighted by Crippen LogP contribution is 2.32. The highest BCUT2D eigenvalue weighted by molar-refractivity contribution is 6.31. The second-order valence-corrected chi connectivity index (χ2v) is 4.67. The molecule has 0 bridgehead atoms. The van der Waals surface area contributed by atoms with Gasteiger partial charge in [-0.3, -0.25) is 0 Å². The van der Waals surface area contributed by atoms with Crippen molar-refractivity contribution in [3.63, 3.8) is 0 Å². The number of hydrogen-bond acceptors (Lipinski definition) is 2. The van der Waals surface area contributed by atoms with Crippen LogP contribution in [0, 0.1) is 12.7 Å². The fraction of sp³-hybridized carbons (Fsp3) is 0.200. The fourth-order valence-electron chi connectivity index (χ4n) is 1.88. The predicted octanol–water partition coefficient (Wildman–Crippen LogP) is 3.88. The topological polar surface area (TPSA) is 29.5 Å². The summed E-state index contributed by atoms with van der Waals surface area (Å²) in [5, 5.41) is 10.5. The minimum absolute atomic E-state index is 0.104. The van der Waals surface area contributed by atoms with Crippen LogP contribution in [0.15, 0.2) is 36.4 Å². The van der Waals surface area contributed by atoms with E-state index in [1.807, 2.05) is 0 Å². The third-order valence-corrected chi connectivity index (χ3v) is 3.35. The van der Waals surface area contributed by atoms with Gasteiger partial charge in [-0.05, 0) is 36.2 Å². The molecule has 1 atom stereocenters. The summed E-state index contributed by atoms with van der Waals surface area (Å²) in [5.74, 6) is 0.197. The second kappa shape index (κ2) is 5.59. The summed E-state index contributed by atoms with van der Waals surface area (Å²) in [5.41, 5.74) is 1.12. The molecular formula is C15H14ClFO2. The van der Waals surface area contributed by atoms with Gasteiger partial charge in [-0.1, -0.05) is 29.8 Å². The zero-order valence-corrected chi connectivity index (χ0v) is 11.4. The summed E-state index contributed by atoms with van der Waals surface area (Å²) in [6.07, 6.45) is -1.10. The van der Waals surface area contributed by atoms with Crippen molar-refractivity contribution in [3.8, 4) is 5.75 Å². The molecule has 0 aromatic heterocycles. The molecule has 0 spiro atoms. The lowest BCUT2D eigenvalue weighted by atomic mass is 9.99. The van der Waals surface area contributed by atoms with Crippen LogP contribution in [0.25, 0.3) is 0 Å². The van der Waals surface area contributed by atoms with E-state index in [0.29, 0.717) is 16.9 Å². The molecule has 0 aliphatic rings. The number of halogens is 2. The molecule has 0 aliphatic carbocycles. The first kappa shape index (κ1) is 13.8. The normalized spacial score (nSPS) is 12.3. The Morgan fingerprint density at radius 1 is 1.16 bits per heavy atom. The standard InChI is InChI=1S/C15H14ClFO2/c1-9-3-8-12(16)13(14(9)17)15(18)10-4-6-11(19-2)7-5-10/h3-8,15,18H,1-2H3. The van der Waals surface area contributed by atoms with E-state index < -0.39 is 11.9 Å². The molecule has 0 aliphatic heterocycles.